The van der Waals surface area contributed by atoms with Crippen LogP contribution >= 0.6 is 0 Å². The predicted octanol–water partition coefficient (Wildman–Crippen LogP) is 2.73. The van der Waals surface area contributed by atoms with E-state index in [1.54, 1.807) is 12.2 Å². The maximum absolute atomic E-state index is 12.7. The van der Waals surface area contributed by atoms with Gasteiger partial charge < -0.3 is 9.47 Å². The van der Waals surface area contributed by atoms with Crippen molar-refractivity contribution in [2.24, 2.45) is 11.8 Å². The van der Waals surface area contributed by atoms with E-state index in [0.29, 0.717) is 12.8 Å². The van der Waals surface area contributed by atoms with Crippen LogP contribution in [0.4, 0.5) is 0 Å². The summed E-state index contributed by atoms with van der Waals surface area (Å²) in [6, 6.07) is 9.78. The number of ketones is 1. The third-order valence-electron chi connectivity index (χ3n) is 4.22. The van der Waals surface area contributed by atoms with Gasteiger partial charge in [-0.1, -0.05) is 42.5 Å². The molecule has 1 heterocycles. The third-order valence-corrected chi connectivity index (χ3v) is 4.22. The minimum absolute atomic E-state index is 0.0153. The van der Waals surface area contributed by atoms with Gasteiger partial charge in [-0.15, -0.1) is 13.2 Å². The lowest BCUT2D eigenvalue weighted by Crippen LogP contribution is -2.35. The number of rotatable bonds is 7. The standard InChI is InChI=1S/C19H22O4/c1-4-15-17(18(19(21)22-3)16(5-2)23-15)14(20)12-11-13-9-7-6-8-10-13/h4-10,15-18H,1-2,11-12H2,3H3/t15-,16+,17-,18+/m0/s1. The van der Waals surface area contributed by atoms with Gasteiger partial charge in [0.05, 0.1) is 31.2 Å². The van der Waals surface area contributed by atoms with Crippen molar-refractivity contribution in [1.82, 2.24) is 0 Å². The molecule has 122 valence electrons. The first-order valence-corrected chi connectivity index (χ1v) is 7.67. The normalized spacial score (nSPS) is 26.5. The van der Waals surface area contributed by atoms with Gasteiger partial charge in [0.15, 0.2) is 0 Å². The highest BCUT2D eigenvalue weighted by atomic mass is 16.5. The average Bonchev–Trinajstić information content (AvgIpc) is 2.98. The van der Waals surface area contributed by atoms with E-state index in [1.807, 2.05) is 30.3 Å². The molecular formula is C19H22O4. The monoisotopic (exact) mass is 314 g/mol. The topological polar surface area (TPSA) is 52.6 Å². The summed E-state index contributed by atoms with van der Waals surface area (Å²) in [7, 11) is 1.31. The first-order chi connectivity index (χ1) is 11.1. The zero-order valence-electron chi connectivity index (χ0n) is 13.3. The maximum Gasteiger partial charge on any atom is 0.312 e. The molecule has 1 saturated heterocycles. The molecule has 1 fully saturated rings. The summed E-state index contributed by atoms with van der Waals surface area (Å²) in [5.41, 5.74) is 1.09. The molecule has 0 aliphatic carbocycles. The highest BCUT2D eigenvalue weighted by Crippen LogP contribution is 2.36. The molecule has 4 heteroatoms. The van der Waals surface area contributed by atoms with E-state index in [4.69, 9.17) is 9.47 Å². The Morgan fingerprint density at radius 1 is 1.13 bits per heavy atom. The van der Waals surface area contributed by atoms with Crippen molar-refractivity contribution in [3.8, 4) is 0 Å². The molecule has 0 amide bonds. The molecule has 1 aliphatic heterocycles. The molecule has 0 saturated carbocycles. The Morgan fingerprint density at radius 2 is 1.74 bits per heavy atom. The van der Waals surface area contributed by atoms with Crippen LogP contribution in [0.1, 0.15) is 12.0 Å². The van der Waals surface area contributed by atoms with Crippen LogP contribution in [0, 0.1) is 11.8 Å². The molecule has 4 atom stereocenters. The smallest absolute Gasteiger partial charge is 0.312 e. The lowest BCUT2D eigenvalue weighted by molar-refractivity contribution is -0.149. The Labute approximate surface area is 136 Å². The number of carbonyl (C=O) groups is 2. The Kier molecular flexibility index (Phi) is 5.88. The molecule has 0 bridgehead atoms. The van der Waals surface area contributed by atoms with Crippen molar-refractivity contribution in [3.05, 3.63) is 61.2 Å². The van der Waals surface area contributed by atoms with Crippen LogP contribution < -0.4 is 0 Å². The Balaban J connectivity index is 2.14. The van der Waals surface area contributed by atoms with E-state index in [9.17, 15) is 9.59 Å². The van der Waals surface area contributed by atoms with E-state index in [-0.39, 0.29) is 5.78 Å². The van der Waals surface area contributed by atoms with Crippen LogP contribution in [0.25, 0.3) is 0 Å². The number of aryl methyl sites for hydroxylation is 1. The number of benzene rings is 1. The van der Waals surface area contributed by atoms with E-state index >= 15 is 0 Å². The van der Waals surface area contributed by atoms with Gasteiger partial charge in [-0.05, 0) is 12.0 Å². The van der Waals surface area contributed by atoms with Crippen LogP contribution in [-0.4, -0.2) is 31.1 Å². The van der Waals surface area contributed by atoms with Crippen LogP contribution in [0.2, 0.25) is 0 Å². The third kappa shape index (κ3) is 3.77. The van der Waals surface area contributed by atoms with Gasteiger partial charge in [-0.2, -0.15) is 0 Å². The quantitative estimate of drug-likeness (QED) is 0.573. The van der Waals surface area contributed by atoms with Gasteiger partial charge in [0.2, 0.25) is 0 Å². The fourth-order valence-electron chi connectivity index (χ4n) is 3.04. The van der Waals surface area contributed by atoms with Gasteiger partial charge in [0.1, 0.15) is 5.78 Å². The van der Waals surface area contributed by atoms with Gasteiger partial charge >= 0.3 is 5.97 Å². The summed E-state index contributed by atoms with van der Waals surface area (Å²) in [5.74, 6) is -1.70. The number of ether oxygens (including phenoxy) is 2. The number of Topliss-reactive ketones (excluding diaryl/α,β-unsaturated/α-hetero) is 1. The maximum atomic E-state index is 12.7. The highest BCUT2D eigenvalue weighted by molar-refractivity contribution is 5.88. The molecule has 2 rings (SSSR count). The molecule has 0 spiro atoms. The summed E-state index contributed by atoms with van der Waals surface area (Å²) in [6.45, 7) is 7.41. The predicted molar refractivity (Wildman–Crippen MR) is 87.8 cm³/mol. The summed E-state index contributed by atoms with van der Waals surface area (Å²) >= 11 is 0. The fraction of sp³-hybridized carbons (Fsp3) is 0.368. The molecule has 0 N–H and O–H groups in total. The molecule has 23 heavy (non-hydrogen) atoms. The Morgan fingerprint density at radius 3 is 2.30 bits per heavy atom. The summed E-state index contributed by atoms with van der Waals surface area (Å²) in [4.78, 5) is 24.8. The lowest BCUT2D eigenvalue weighted by Gasteiger charge is -2.19. The van der Waals surface area contributed by atoms with E-state index in [2.05, 4.69) is 13.2 Å². The number of esters is 1. The van der Waals surface area contributed by atoms with Crippen LogP contribution in [0.15, 0.2) is 55.6 Å². The second-order valence-corrected chi connectivity index (χ2v) is 5.56. The SMILES string of the molecule is C=C[C@@H]1O[C@H](C=C)[C@@H](C(=O)OC)[C@H]1C(=O)CCc1ccccc1. The Hall–Kier alpha value is -2.20. The molecule has 1 aromatic carbocycles. The van der Waals surface area contributed by atoms with Crippen LogP contribution in [0.3, 0.4) is 0 Å². The van der Waals surface area contributed by atoms with Gasteiger partial charge in [-0.3, -0.25) is 9.59 Å². The summed E-state index contributed by atoms with van der Waals surface area (Å²) in [6.07, 6.45) is 3.07. The minimum Gasteiger partial charge on any atom is -0.469 e. The second kappa shape index (κ2) is 7.88. The fourth-order valence-corrected chi connectivity index (χ4v) is 3.04. The van der Waals surface area contributed by atoms with Crippen molar-refractivity contribution in [1.29, 1.82) is 0 Å². The summed E-state index contributed by atoms with van der Waals surface area (Å²) in [5, 5.41) is 0. The minimum atomic E-state index is -0.663. The zero-order valence-corrected chi connectivity index (χ0v) is 13.3. The van der Waals surface area contributed by atoms with E-state index < -0.39 is 30.0 Å². The molecule has 0 radical (unpaired) electrons. The molecular weight excluding hydrogens is 292 g/mol. The summed E-state index contributed by atoms with van der Waals surface area (Å²) < 4.78 is 10.6. The number of carbonyl (C=O) groups excluding carboxylic acids is 2. The molecule has 0 unspecified atom stereocenters. The Bertz CT molecular complexity index is 578. The van der Waals surface area contributed by atoms with Crippen LogP contribution in [0.5, 0.6) is 0 Å². The second-order valence-electron chi connectivity index (χ2n) is 5.56. The van der Waals surface area contributed by atoms with Gasteiger partial charge in [-0.25, -0.2) is 0 Å². The first kappa shape index (κ1) is 17.2. The number of hydrogen-bond acceptors (Lipinski definition) is 4. The molecule has 0 aromatic heterocycles. The highest BCUT2D eigenvalue weighted by Gasteiger charge is 2.49. The average molecular weight is 314 g/mol. The van der Waals surface area contributed by atoms with E-state index in [0.717, 1.165) is 5.56 Å². The van der Waals surface area contributed by atoms with Crippen molar-refractivity contribution in [3.63, 3.8) is 0 Å². The number of hydrogen-bond donors (Lipinski definition) is 0. The van der Waals surface area contributed by atoms with Crippen molar-refractivity contribution in [2.75, 3.05) is 7.11 Å². The van der Waals surface area contributed by atoms with Gasteiger partial charge in [0, 0.05) is 6.42 Å². The molecule has 1 aromatic rings. The molecule has 1 aliphatic rings. The van der Waals surface area contributed by atoms with E-state index in [1.165, 1.54) is 7.11 Å². The lowest BCUT2D eigenvalue weighted by atomic mass is 9.82. The largest absolute Gasteiger partial charge is 0.469 e. The first-order valence-electron chi connectivity index (χ1n) is 7.67. The van der Waals surface area contributed by atoms with Crippen LogP contribution in [-0.2, 0) is 25.5 Å². The van der Waals surface area contributed by atoms with Crippen molar-refractivity contribution in [2.45, 2.75) is 25.0 Å². The van der Waals surface area contributed by atoms with Crippen molar-refractivity contribution >= 4 is 11.8 Å². The number of methoxy groups -OCH3 is 1. The molecule has 4 nitrogen and oxygen atoms in total. The van der Waals surface area contributed by atoms with Gasteiger partial charge in [0.25, 0.3) is 0 Å². The van der Waals surface area contributed by atoms with Crippen molar-refractivity contribution < 1.29 is 19.1 Å². The zero-order chi connectivity index (χ0) is 16.8.